The molecule has 0 saturated heterocycles. The maximum Gasteiger partial charge on any atom is 0.203 e. The molecule has 3 aromatic rings. The summed E-state index contributed by atoms with van der Waals surface area (Å²) in [5.41, 5.74) is 2.20. The van der Waals surface area contributed by atoms with Gasteiger partial charge in [0.25, 0.3) is 0 Å². The van der Waals surface area contributed by atoms with Gasteiger partial charge in [-0.2, -0.15) is 0 Å². The zero-order chi connectivity index (χ0) is 20.6. The summed E-state index contributed by atoms with van der Waals surface area (Å²) in [7, 11) is 4.82. The van der Waals surface area contributed by atoms with Gasteiger partial charge >= 0.3 is 0 Å². The Bertz CT molecular complexity index is 902. The molecule has 0 amide bonds. The van der Waals surface area contributed by atoms with Crippen molar-refractivity contribution < 1.29 is 18.9 Å². The first-order valence-electron chi connectivity index (χ1n) is 9.15. The molecular formula is C23H24ClNO4. The number of hydrogen-bond acceptors (Lipinski definition) is 5. The molecule has 0 aliphatic carbocycles. The zero-order valence-electron chi connectivity index (χ0n) is 16.7. The summed E-state index contributed by atoms with van der Waals surface area (Å²) < 4.78 is 22.0. The maximum absolute atomic E-state index is 5.89. The molecule has 0 radical (unpaired) electrons. The number of rotatable bonds is 9. The minimum Gasteiger partial charge on any atom is -0.493 e. The standard InChI is InChI=1S/C23H24ClNO4/c1-26-21-12-17(13-22(27-2)23(21)28-3)15-25-14-16-4-8-19(9-5-16)29-20-10-6-18(24)7-11-20/h4-13,25H,14-15H2,1-3H3. The van der Waals surface area contributed by atoms with Crippen LogP contribution in [0.3, 0.4) is 0 Å². The first-order valence-corrected chi connectivity index (χ1v) is 9.52. The third kappa shape index (κ3) is 5.56. The highest BCUT2D eigenvalue weighted by Crippen LogP contribution is 2.38. The predicted molar refractivity (Wildman–Crippen MR) is 115 cm³/mol. The molecule has 5 nitrogen and oxygen atoms in total. The second-order valence-electron chi connectivity index (χ2n) is 6.34. The fraction of sp³-hybridized carbons (Fsp3) is 0.217. The van der Waals surface area contributed by atoms with E-state index in [1.54, 1.807) is 33.5 Å². The van der Waals surface area contributed by atoms with E-state index in [9.17, 15) is 0 Å². The summed E-state index contributed by atoms with van der Waals surface area (Å²) in [4.78, 5) is 0. The van der Waals surface area contributed by atoms with E-state index in [-0.39, 0.29) is 0 Å². The molecule has 29 heavy (non-hydrogen) atoms. The van der Waals surface area contributed by atoms with Crippen molar-refractivity contribution in [3.8, 4) is 28.7 Å². The van der Waals surface area contributed by atoms with Crippen LogP contribution in [-0.2, 0) is 13.1 Å². The fourth-order valence-electron chi connectivity index (χ4n) is 2.90. The van der Waals surface area contributed by atoms with E-state index < -0.39 is 0 Å². The number of methoxy groups -OCH3 is 3. The number of benzene rings is 3. The van der Waals surface area contributed by atoms with Gasteiger partial charge in [0.15, 0.2) is 11.5 Å². The van der Waals surface area contributed by atoms with Crippen LogP contribution in [0.15, 0.2) is 60.7 Å². The van der Waals surface area contributed by atoms with E-state index in [4.69, 9.17) is 30.5 Å². The molecule has 0 heterocycles. The normalized spacial score (nSPS) is 10.5. The lowest BCUT2D eigenvalue weighted by molar-refractivity contribution is 0.323. The van der Waals surface area contributed by atoms with E-state index in [2.05, 4.69) is 5.32 Å². The lowest BCUT2D eigenvalue weighted by Crippen LogP contribution is -2.13. The van der Waals surface area contributed by atoms with Crippen LogP contribution in [0.25, 0.3) is 0 Å². The maximum atomic E-state index is 5.89. The molecule has 0 saturated carbocycles. The van der Waals surface area contributed by atoms with Gasteiger partial charge in [0.1, 0.15) is 11.5 Å². The Morgan fingerprint density at radius 2 is 1.21 bits per heavy atom. The van der Waals surface area contributed by atoms with Crippen molar-refractivity contribution in [2.75, 3.05) is 21.3 Å². The van der Waals surface area contributed by atoms with Gasteiger partial charge in [0.05, 0.1) is 21.3 Å². The molecular weight excluding hydrogens is 390 g/mol. The monoisotopic (exact) mass is 413 g/mol. The molecule has 0 bridgehead atoms. The van der Waals surface area contributed by atoms with Crippen LogP contribution in [0.1, 0.15) is 11.1 Å². The number of hydrogen-bond donors (Lipinski definition) is 1. The van der Waals surface area contributed by atoms with Crippen LogP contribution in [-0.4, -0.2) is 21.3 Å². The molecule has 0 aliphatic rings. The highest BCUT2D eigenvalue weighted by atomic mass is 35.5. The van der Waals surface area contributed by atoms with Gasteiger partial charge in [-0.1, -0.05) is 23.7 Å². The molecule has 0 spiro atoms. The highest BCUT2D eigenvalue weighted by molar-refractivity contribution is 6.30. The highest BCUT2D eigenvalue weighted by Gasteiger charge is 2.12. The summed E-state index contributed by atoms with van der Waals surface area (Å²) in [5, 5.41) is 4.11. The molecule has 0 atom stereocenters. The first-order chi connectivity index (χ1) is 14.1. The predicted octanol–water partition coefficient (Wildman–Crippen LogP) is 5.45. The molecule has 152 valence electrons. The van der Waals surface area contributed by atoms with E-state index >= 15 is 0 Å². The summed E-state index contributed by atoms with van der Waals surface area (Å²) in [6.45, 7) is 1.39. The number of nitrogens with one attached hydrogen (secondary N) is 1. The third-order valence-electron chi connectivity index (χ3n) is 4.36. The third-order valence-corrected chi connectivity index (χ3v) is 4.61. The lowest BCUT2D eigenvalue weighted by atomic mass is 10.1. The van der Waals surface area contributed by atoms with Gasteiger partial charge in [-0.05, 0) is 59.7 Å². The Morgan fingerprint density at radius 3 is 1.72 bits per heavy atom. The first kappa shape index (κ1) is 20.8. The van der Waals surface area contributed by atoms with Gasteiger partial charge in [-0.15, -0.1) is 0 Å². The lowest BCUT2D eigenvalue weighted by Gasteiger charge is -2.14. The van der Waals surface area contributed by atoms with Crippen molar-refractivity contribution in [3.63, 3.8) is 0 Å². The number of ether oxygens (including phenoxy) is 4. The molecule has 0 aliphatic heterocycles. The van der Waals surface area contributed by atoms with E-state index in [1.807, 2.05) is 48.5 Å². The van der Waals surface area contributed by atoms with E-state index in [1.165, 1.54) is 0 Å². The summed E-state index contributed by atoms with van der Waals surface area (Å²) in [5.74, 6) is 3.41. The molecule has 3 rings (SSSR count). The molecule has 1 N–H and O–H groups in total. The Balaban J connectivity index is 1.57. The molecule has 0 aromatic heterocycles. The summed E-state index contributed by atoms with van der Waals surface area (Å²) in [6.07, 6.45) is 0. The minimum absolute atomic E-state index is 0.593. The summed E-state index contributed by atoms with van der Waals surface area (Å²) in [6, 6.07) is 19.1. The molecule has 3 aromatic carbocycles. The van der Waals surface area contributed by atoms with Gasteiger partial charge in [0, 0.05) is 18.1 Å². The van der Waals surface area contributed by atoms with Crippen molar-refractivity contribution in [1.29, 1.82) is 0 Å². The van der Waals surface area contributed by atoms with Crippen molar-refractivity contribution in [1.82, 2.24) is 5.32 Å². The Hall–Kier alpha value is -2.89. The topological polar surface area (TPSA) is 49.0 Å². The zero-order valence-corrected chi connectivity index (χ0v) is 17.5. The van der Waals surface area contributed by atoms with Crippen LogP contribution in [0.5, 0.6) is 28.7 Å². The van der Waals surface area contributed by atoms with Gasteiger partial charge in [0.2, 0.25) is 5.75 Å². The second-order valence-corrected chi connectivity index (χ2v) is 6.77. The Morgan fingerprint density at radius 1 is 0.690 bits per heavy atom. The second kappa shape index (κ2) is 10.0. The van der Waals surface area contributed by atoms with Crippen molar-refractivity contribution in [2.45, 2.75) is 13.1 Å². The van der Waals surface area contributed by atoms with Crippen molar-refractivity contribution in [2.24, 2.45) is 0 Å². The van der Waals surface area contributed by atoms with Crippen LogP contribution < -0.4 is 24.3 Å². The van der Waals surface area contributed by atoms with Crippen LogP contribution in [0.2, 0.25) is 5.02 Å². The molecule has 0 unspecified atom stereocenters. The average Bonchev–Trinajstić information content (AvgIpc) is 2.75. The van der Waals surface area contributed by atoms with Crippen molar-refractivity contribution >= 4 is 11.6 Å². The Kier molecular flexibility index (Phi) is 7.22. The minimum atomic E-state index is 0.593. The summed E-state index contributed by atoms with van der Waals surface area (Å²) >= 11 is 5.89. The smallest absolute Gasteiger partial charge is 0.203 e. The Labute approximate surface area is 176 Å². The van der Waals surface area contributed by atoms with E-state index in [0.717, 1.165) is 29.2 Å². The van der Waals surface area contributed by atoms with Crippen molar-refractivity contribution in [3.05, 3.63) is 76.8 Å². The fourth-order valence-corrected chi connectivity index (χ4v) is 3.03. The van der Waals surface area contributed by atoms with Crippen LogP contribution in [0.4, 0.5) is 0 Å². The SMILES string of the molecule is COc1cc(CNCc2ccc(Oc3ccc(Cl)cc3)cc2)cc(OC)c1OC. The number of halogens is 1. The van der Waals surface area contributed by atoms with Gasteiger partial charge < -0.3 is 24.3 Å². The van der Waals surface area contributed by atoms with E-state index in [0.29, 0.717) is 28.8 Å². The van der Waals surface area contributed by atoms with Crippen LogP contribution >= 0.6 is 11.6 Å². The average molecular weight is 414 g/mol. The molecule has 6 heteroatoms. The largest absolute Gasteiger partial charge is 0.493 e. The van der Waals surface area contributed by atoms with Gasteiger partial charge in [-0.3, -0.25) is 0 Å². The quantitative estimate of drug-likeness (QED) is 0.505. The van der Waals surface area contributed by atoms with Crippen LogP contribution in [0, 0.1) is 0 Å². The van der Waals surface area contributed by atoms with Gasteiger partial charge in [-0.25, -0.2) is 0 Å². The molecule has 0 fully saturated rings.